The van der Waals surface area contributed by atoms with E-state index in [4.69, 9.17) is 16.3 Å². The molecule has 0 aliphatic heterocycles. The quantitative estimate of drug-likeness (QED) is 0.422. The summed E-state index contributed by atoms with van der Waals surface area (Å²) < 4.78 is 6.01. The van der Waals surface area contributed by atoms with Crippen LogP contribution in [0.1, 0.15) is 51.0 Å². The van der Waals surface area contributed by atoms with Crippen LogP contribution in [0.3, 0.4) is 0 Å². The Labute approximate surface area is 144 Å². The Hall–Kier alpha value is -1.41. The zero-order valence-corrected chi connectivity index (χ0v) is 14.7. The Morgan fingerprint density at radius 3 is 2.43 bits per heavy atom. The molecule has 0 aliphatic rings. The molecule has 0 radical (unpaired) electrons. The van der Waals surface area contributed by atoms with E-state index >= 15 is 0 Å². The van der Waals surface area contributed by atoms with Crippen LogP contribution in [-0.4, -0.2) is 17.6 Å². The molecule has 2 nitrogen and oxygen atoms in total. The van der Waals surface area contributed by atoms with Crippen molar-refractivity contribution in [3.05, 3.63) is 35.9 Å². The fraction of sp³-hybridized carbons (Fsp3) is 0.500. The summed E-state index contributed by atoms with van der Waals surface area (Å²) in [6, 6.07) is 9.58. The van der Waals surface area contributed by atoms with Crippen molar-refractivity contribution in [3.63, 3.8) is 0 Å². The van der Waals surface area contributed by atoms with E-state index in [1.807, 2.05) is 18.2 Å². The minimum atomic E-state index is 0.308. The monoisotopic (exact) mass is 334 g/mol. The maximum atomic E-state index is 9.60. The van der Waals surface area contributed by atoms with Crippen molar-refractivity contribution in [1.29, 1.82) is 0 Å². The number of hydrogen-bond donors (Lipinski definition) is 1. The Morgan fingerprint density at radius 2 is 1.70 bits per heavy atom. The van der Waals surface area contributed by atoms with Crippen LogP contribution in [-0.2, 0) is 6.42 Å². The van der Waals surface area contributed by atoms with Gasteiger partial charge in [0.1, 0.15) is 11.5 Å². The minimum absolute atomic E-state index is 0.308. The summed E-state index contributed by atoms with van der Waals surface area (Å²) in [5.41, 5.74) is 1.23. The molecule has 0 spiro atoms. The molecule has 2 aromatic rings. The van der Waals surface area contributed by atoms with E-state index in [0.717, 1.165) is 42.9 Å². The summed E-state index contributed by atoms with van der Waals surface area (Å²) in [6.07, 6.45) is 8.13. The highest BCUT2D eigenvalue weighted by Gasteiger charge is 2.08. The summed E-state index contributed by atoms with van der Waals surface area (Å²) in [5, 5.41) is 11.8. The molecule has 23 heavy (non-hydrogen) atoms. The molecule has 0 bridgehead atoms. The lowest BCUT2D eigenvalue weighted by Crippen LogP contribution is -2.00. The van der Waals surface area contributed by atoms with Crippen LogP contribution in [0.4, 0.5) is 0 Å². The molecule has 2 rings (SSSR count). The zero-order chi connectivity index (χ0) is 16.5. The highest BCUT2D eigenvalue weighted by Crippen LogP contribution is 2.30. The van der Waals surface area contributed by atoms with E-state index in [1.165, 1.54) is 36.6 Å². The van der Waals surface area contributed by atoms with Crippen molar-refractivity contribution in [3.8, 4) is 11.5 Å². The molecular weight excluding hydrogens is 308 g/mol. The smallest absolute Gasteiger partial charge is 0.123 e. The lowest BCUT2D eigenvalue weighted by atomic mass is 10.0. The first kappa shape index (κ1) is 17.9. The molecule has 3 heteroatoms. The number of halogens is 1. The molecule has 1 N–H and O–H groups in total. The average molecular weight is 335 g/mol. The fourth-order valence-corrected chi connectivity index (χ4v) is 3.14. The Morgan fingerprint density at radius 1 is 0.957 bits per heavy atom. The maximum absolute atomic E-state index is 9.60. The van der Waals surface area contributed by atoms with E-state index in [0.29, 0.717) is 5.75 Å². The van der Waals surface area contributed by atoms with Crippen molar-refractivity contribution in [2.75, 3.05) is 12.5 Å². The lowest BCUT2D eigenvalue weighted by Gasteiger charge is -2.13. The number of alkyl halides is 1. The van der Waals surface area contributed by atoms with Gasteiger partial charge >= 0.3 is 0 Å². The summed E-state index contributed by atoms with van der Waals surface area (Å²) in [6.45, 7) is 2.91. The molecule has 0 heterocycles. The standard InChI is InChI=1S/C20H27ClO2/c1-2-18-19-11-10-17(22)15-16(19)9-12-20(18)23-14-8-6-4-3-5-7-13-21/h9-12,15,22H,2-8,13-14H2,1H3. The normalized spacial score (nSPS) is 11.0. The number of aromatic hydroxyl groups is 1. The van der Waals surface area contributed by atoms with Gasteiger partial charge in [0, 0.05) is 11.4 Å². The number of ether oxygens (including phenoxy) is 1. The van der Waals surface area contributed by atoms with Gasteiger partial charge in [-0.3, -0.25) is 0 Å². The summed E-state index contributed by atoms with van der Waals surface area (Å²) in [7, 11) is 0. The van der Waals surface area contributed by atoms with Gasteiger partial charge in [0.05, 0.1) is 6.61 Å². The first-order chi connectivity index (χ1) is 11.3. The second-order valence-corrected chi connectivity index (χ2v) is 6.34. The van der Waals surface area contributed by atoms with E-state index < -0.39 is 0 Å². The first-order valence-corrected chi connectivity index (χ1v) is 9.23. The van der Waals surface area contributed by atoms with Crippen LogP contribution >= 0.6 is 11.6 Å². The first-order valence-electron chi connectivity index (χ1n) is 8.69. The van der Waals surface area contributed by atoms with E-state index in [9.17, 15) is 5.11 Å². The second kappa shape index (κ2) is 9.67. The largest absolute Gasteiger partial charge is 0.508 e. The topological polar surface area (TPSA) is 29.5 Å². The highest BCUT2D eigenvalue weighted by atomic mass is 35.5. The molecule has 0 aromatic heterocycles. The van der Waals surface area contributed by atoms with Gasteiger partial charge in [-0.2, -0.15) is 0 Å². The van der Waals surface area contributed by atoms with E-state index in [1.54, 1.807) is 12.1 Å². The van der Waals surface area contributed by atoms with Gasteiger partial charge in [-0.15, -0.1) is 11.6 Å². The number of benzene rings is 2. The van der Waals surface area contributed by atoms with Crippen molar-refractivity contribution in [2.24, 2.45) is 0 Å². The third kappa shape index (κ3) is 5.31. The van der Waals surface area contributed by atoms with Crippen molar-refractivity contribution in [2.45, 2.75) is 51.9 Å². The van der Waals surface area contributed by atoms with Crippen LogP contribution in [0, 0.1) is 0 Å². The predicted molar refractivity (Wildman–Crippen MR) is 98.9 cm³/mol. The molecule has 2 aromatic carbocycles. The maximum Gasteiger partial charge on any atom is 0.123 e. The second-order valence-electron chi connectivity index (χ2n) is 5.96. The van der Waals surface area contributed by atoms with Crippen molar-refractivity contribution < 1.29 is 9.84 Å². The number of rotatable bonds is 10. The Bertz CT molecular complexity index is 610. The number of phenolic OH excluding ortho intramolecular Hbond substituents is 1. The van der Waals surface area contributed by atoms with Gasteiger partial charge in [0.15, 0.2) is 0 Å². The van der Waals surface area contributed by atoms with E-state index in [-0.39, 0.29) is 0 Å². The number of aryl methyl sites for hydroxylation is 1. The molecule has 0 aliphatic carbocycles. The SMILES string of the molecule is CCc1c(OCCCCCCCCCl)ccc2cc(O)ccc12. The summed E-state index contributed by atoms with van der Waals surface area (Å²) in [4.78, 5) is 0. The van der Waals surface area contributed by atoms with Gasteiger partial charge in [0.25, 0.3) is 0 Å². The molecular formula is C20H27ClO2. The third-order valence-corrected chi connectivity index (χ3v) is 4.48. The average Bonchev–Trinajstić information content (AvgIpc) is 2.56. The molecule has 0 unspecified atom stereocenters. The highest BCUT2D eigenvalue weighted by molar-refractivity contribution is 6.17. The molecule has 0 saturated heterocycles. The number of phenols is 1. The van der Waals surface area contributed by atoms with Crippen LogP contribution in [0.15, 0.2) is 30.3 Å². The zero-order valence-electron chi connectivity index (χ0n) is 14.0. The molecule has 126 valence electrons. The van der Waals surface area contributed by atoms with Crippen LogP contribution in [0.5, 0.6) is 11.5 Å². The summed E-state index contributed by atoms with van der Waals surface area (Å²) in [5.74, 6) is 2.07. The fourth-order valence-electron chi connectivity index (χ4n) is 2.95. The predicted octanol–water partition coefficient (Wildman–Crippen LogP) is 6.07. The van der Waals surface area contributed by atoms with Crippen LogP contribution in [0.25, 0.3) is 10.8 Å². The van der Waals surface area contributed by atoms with E-state index in [2.05, 4.69) is 6.92 Å². The number of hydrogen-bond acceptors (Lipinski definition) is 2. The summed E-state index contributed by atoms with van der Waals surface area (Å²) >= 11 is 5.68. The molecule has 0 amide bonds. The Kier molecular flexibility index (Phi) is 7.54. The van der Waals surface area contributed by atoms with Gasteiger partial charge in [0.2, 0.25) is 0 Å². The minimum Gasteiger partial charge on any atom is -0.508 e. The molecule has 0 fully saturated rings. The van der Waals surface area contributed by atoms with Crippen molar-refractivity contribution in [1.82, 2.24) is 0 Å². The van der Waals surface area contributed by atoms with Crippen LogP contribution in [0.2, 0.25) is 0 Å². The lowest BCUT2D eigenvalue weighted by molar-refractivity contribution is 0.302. The van der Waals surface area contributed by atoms with Gasteiger partial charge in [-0.05, 0) is 48.2 Å². The van der Waals surface area contributed by atoms with Crippen LogP contribution < -0.4 is 4.74 Å². The number of unbranched alkanes of at least 4 members (excludes halogenated alkanes) is 5. The van der Waals surface area contributed by atoms with Gasteiger partial charge in [-0.25, -0.2) is 0 Å². The number of fused-ring (bicyclic) bond motifs is 1. The molecule has 0 saturated carbocycles. The Balaban J connectivity index is 1.86. The molecule has 0 atom stereocenters. The van der Waals surface area contributed by atoms with Crippen molar-refractivity contribution >= 4 is 22.4 Å². The van der Waals surface area contributed by atoms with Gasteiger partial charge < -0.3 is 9.84 Å². The van der Waals surface area contributed by atoms with Gasteiger partial charge in [-0.1, -0.05) is 44.7 Å². The third-order valence-electron chi connectivity index (χ3n) is 4.21.